The molecule has 0 fully saturated rings. The molecule has 1 aliphatic heterocycles. The molecule has 0 radical (unpaired) electrons. The Hall–Kier alpha value is -3.73. The third-order valence-corrected chi connectivity index (χ3v) is 7.65. The molecule has 0 spiro atoms. The van der Waals surface area contributed by atoms with Crippen molar-refractivity contribution in [1.29, 1.82) is 0 Å². The number of imide groups is 1. The largest absolute Gasteiger partial charge is 0.322 e. The standard InChI is InChI=1S/C32H36N2O3/c1-7-32(6,8-2)34-29(36)26-18-13-23(20-27(26)30(34)37)28(35)33-25-16-11-22(12-17-25)19-21-9-14-24(15-10-21)31(3,4)5/h9-18,20H,7-8,19H2,1-6H3,(H,33,35). The molecule has 37 heavy (non-hydrogen) atoms. The highest BCUT2D eigenvalue weighted by Crippen LogP contribution is 2.34. The first-order valence-electron chi connectivity index (χ1n) is 13.0. The van der Waals surface area contributed by atoms with E-state index < -0.39 is 5.54 Å². The number of carbonyl (C=O) groups is 3. The summed E-state index contributed by atoms with van der Waals surface area (Å²) in [5.41, 5.74) is 4.94. The number of hydrogen-bond donors (Lipinski definition) is 1. The van der Waals surface area contributed by atoms with Gasteiger partial charge in [-0.3, -0.25) is 19.3 Å². The van der Waals surface area contributed by atoms with E-state index in [9.17, 15) is 14.4 Å². The first-order chi connectivity index (χ1) is 17.5. The first-order valence-corrected chi connectivity index (χ1v) is 13.0. The van der Waals surface area contributed by atoms with Crippen molar-refractivity contribution in [3.63, 3.8) is 0 Å². The molecule has 0 aromatic heterocycles. The Balaban J connectivity index is 1.45. The van der Waals surface area contributed by atoms with Gasteiger partial charge in [0, 0.05) is 16.8 Å². The highest BCUT2D eigenvalue weighted by Gasteiger charge is 2.44. The van der Waals surface area contributed by atoms with Crippen molar-refractivity contribution >= 4 is 23.4 Å². The molecule has 5 heteroatoms. The number of rotatable bonds is 7. The Labute approximate surface area is 219 Å². The normalized spacial score (nSPS) is 13.6. The smallest absolute Gasteiger partial charge is 0.262 e. The second-order valence-corrected chi connectivity index (χ2v) is 11.2. The van der Waals surface area contributed by atoms with Gasteiger partial charge in [-0.2, -0.15) is 0 Å². The fraction of sp³-hybridized carbons (Fsp3) is 0.344. The SMILES string of the molecule is CCC(C)(CC)N1C(=O)c2ccc(C(=O)Nc3ccc(Cc4ccc(C(C)(C)C)cc4)cc3)cc2C1=O. The fourth-order valence-corrected chi connectivity index (χ4v) is 4.71. The molecule has 1 N–H and O–H groups in total. The lowest BCUT2D eigenvalue weighted by molar-refractivity contribution is 0.0434. The molecule has 3 amide bonds. The summed E-state index contributed by atoms with van der Waals surface area (Å²) in [4.78, 5) is 40.4. The van der Waals surface area contributed by atoms with Gasteiger partial charge in [0.25, 0.3) is 17.7 Å². The summed E-state index contributed by atoms with van der Waals surface area (Å²) < 4.78 is 0. The van der Waals surface area contributed by atoms with Gasteiger partial charge >= 0.3 is 0 Å². The quantitative estimate of drug-likeness (QED) is 0.358. The number of hydrogen-bond acceptors (Lipinski definition) is 3. The summed E-state index contributed by atoms with van der Waals surface area (Å²) in [5, 5.41) is 2.91. The van der Waals surface area contributed by atoms with Crippen LogP contribution in [0.15, 0.2) is 66.7 Å². The van der Waals surface area contributed by atoms with Crippen molar-refractivity contribution in [2.45, 2.75) is 71.8 Å². The van der Waals surface area contributed by atoms with Crippen LogP contribution in [0.5, 0.6) is 0 Å². The van der Waals surface area contributed by atoms with E-state index in [1.165, 1.54) is 22.1 Å². The van der Waals surface area contributed by atoms with Gasteiger partial charge in [-0.1, -0.05) is 71.0 Å². The predicted molar refractivity (Wildman–Crippen MR) is 148 cm³/mol. The van der Waals surface area contributed by atoms with E-state index in [0.29, 0.717) is 35.2 Å². The zero-order valence-corrected chi connectivity index (χ0v) is 22.6. The summed E-state index contributed by atoms with van der Waals surface area (Å²) in [7, 11) is 0. The summed E-state index contributed by atoms with van der Waals surface area (Å²) in [6.45, 7) is 12.5. The summed E-state index contributed by atoms with van der Waals surface area (Å²) in [6, 6.07) is 21.2. The molecule has 0 saturated heterocycles. The second kappa shape index (κ2) is 9.97. The topological polar surface area (TPSA) is 66.5 Å². The van der Waals surface area contributed by atoms with Gasteiger partial charge in [0.2, 0.25) is 0 Å². The minimum absolute atomic E-state index is 0.130. The molecule has 0 bridgehead atoms. The number of benzene rings is 3. The Morgan fingerprint density at radius 3 is 1.84 bits per heavy atom. The van der Waals surface area contributed by atoms with Crippen LogP contribution < -0.4 is 5.32 Å². The molecular weight excluding hydrogens is 460 g/mol. The van der Waals surface area contributed by atoms with E-state index in [4.69, 9.17) is 0 Å². The number of fused-ring (bicyclic) bond motifs is 1. The van der Waals surface area contributed by atoms with Gasteiger partial charge in [-0.15, -0.1) is 0 Å². The molecule has 0 unspecified atom stereocenters. The maximum absolute atomic E-state index is 13.1. The number of carbonyl (C=O) groups excluding carboxylic acids is 3. The van der Waals surface area contributed by atoms with Gasteiger partial charge < -0.3 is 5.32 Å². The predicted octanol–water partition coefficient (Wildman–Crippen LogP) is 7.00. The van der Waals surface area contributed by atoms with Crippen molar-refractivity contribution in [2.75, 3.05) is 5.32 Å². The molecule has 3 aromatic rings. The van der Waals surface area contributed by atoms with Gasteiger partial charge in [0.15, 0.2) is 0 Å². The maximum atomic E-state index is 13.1. The van der Waals surface area contributed by atoms with E-state index in [1.54, 1.807) is 12.1 Å². The van der Waals surface area contributed by atoms with Crippen LogP contribution in [0.25, 0.3) is 0 Å². The summed E-state index contributed by atoms with van der Waals surface area (Å²) >= 11 is 0. The van der Waals surface area contributed by atoms with Gasteiger partial charge in [0.1, 0.15) is 0 Å². The van der Waals surface area contributed by atoms with Crippen molar-refractivity contribution in [1.82, 2.24) is 4.90 Å². The monoisotopic (exact) mass is 496 g/mol. The average Bonchev–Trinajstić information content (AvgIpc) is 3.14. The third-order valence-electron chi connectivity index (χ3n) is 7.65. The molecule has 0 atom stereocenters. The highest BCUT2D eigenvalue weighted by molar-refractivity contribution is 6.22. The van der Waals surface area contributed by atoms with Crippen molar-refractivity contribution in [2.24, 2.45) is 0 Å². The van der Waals surface area contributed by atoms with Crippen LogP contribution in [0.1, 0.15) is 102 Å². The molecule has 3 aromatic carbocycles. The van der Waals surface area contributed by atoms with Crippen LogP contribution in [-0.2, 0) is 11.8 Å². The lowest BCUT2D eigenvalue weighted by atomic mass is 9.86. The van der Waals surface area contributed by atoms with Crippen molar-refractivity contribution in [3.05, 3.63) is 100 Å². The average molecular weight is 497 g/mol. The molecule has 1 aliphatic rings. The van der Waals surface area contributed by atoms with Crippen LogP contribution in [0.4, 0.5) is 5.69 Å². The van der Waals surface area contributed by atoms with Crippen LogP contribution in [0.3, 0.4) is 0 Å². The lowest BCUT2D eigenvalue weighted by Crippen LogP contribution is -2.48. The number of anilines is 1. The van der Waals surface area contributed by atoms with Gasteiger partial charge in [-0.25, -0.2) is 0 Å². The minimum Gasteiger partial charge on any atom is -0.322 e. The maximum Gasteiger partial charge on any atom is 0.262 e. The molecule has 1 heterocycles. The minimum atomic E-state index is -0.550. The molecule has 4 rings (SSSR count). The van der Waals surface area contributed by atoms with Gasteiger partial charge in [-0.05, 0) is 78.6 Å². The van der Waals surface area contributed by atoms with E-state index in [-0.39, 0.29) is 23.1 Å². The van der Waals surface area contributed by atoms with Crippen LogP contribution in [0, 0.1) is 0 Å². The van der Waals surface area contributed by atoms with Crippen LogP contribution in [-0.4, -0.2) is 28.2 Å². The highest BCUT2D eigenvalue weighted by atomic mass is 16.2. The molecule has 5 nitrogen and oxygen atoms in total. The Bertz CT molecular complexity index is 1330. The number of nitrogens with one attached hydrogen (secondary N) is 1. The molecule has 0 saturated carbocycles. The number of amides is 3. The fourth-order valence-electron chi connectivity index (χ4n) is 4.71. The third kappa shape index (κ3) is 5.22. The van der Waals surface area contributed by atoms with Crippen LogP contribution in [0.2, 0.25) is 0 Å². The second-order valence-electron chi connectivity index (χ2n) is 11.2. The van der Waals surface area contributed by atoms with E-state index in [1.807, 2.05) is 45.0 Å². The zero-order valence-electron chi connectivity index (χ0n) is 22.6. The first kappa shape index (κ1) is 26.3. The lowest BCUT2D eigenvalue weighted by Gasteiger charge is -2.35. The Morgan fingerprint density at radius 1 is 0.757 bits per heavy atom. The van der Waals surface area contributed by atoms with E-state index >= 15 is 0 Å². The number of nitrogens with zero attached hydrogens (tertiary/aromatic N) is 1. The van der Waals surface area contributed by atoms with Crippen molar-refractivity contribution in [3.8, 4) is 0 Å². The Kier molecular flexibility index (Phi) is 7.09. The zero-order chi connectivity index (χ0) is 27.0. The van der Waals surface area contributed by atoms with Crippen LogP contribution >= 0.6 is 0 Å². The summed E-state index contributed by atoms with van der Waals surface area (Å²) in [6.07, 6.45) is 2.14. The summed E-state index contributed by atoms with van der Waals surface area (Å²) in [5.74, 6) is -0.941. The Morgan fingerprint density at radius 2 is 1.30 bits per heavy atom. The molecule has 192 valence electrons. The van der Waals surface area contributed by atoms with Gasteiger partial charge in [0.05, 0.1) is 11.1 Å². The molecule has 0 aliphatic carbocycles. The van der Waals surface area contributed by atoms with Crippen molar-refractivity contribution < 1.29 is 14.4 Å². The molecular formula is C32H36N2O3. The van der Waals surface area contributed by atoms with E-state index in [2.05, 4.69) is 50.4 Å². The van der Waals surface area contributed by atoms with E-state index in [0.717, 1.165) is 12.0 Å².